The lowest BCUT2D eigenvalue weighted by molar-refractivity contribution is -0.118. The molecule has 0 fully saturated rings. The molecule has 3 aromatic heterocycles. The van der Waals surface area contributed by atoms with Gasteiger partial charge in [0.2, 0.25) is 0 Å². The fraction of sp³-hybridized carbons (Fsp3) is 0.536. The molecule has 0 atom stereocenters. The van der Waals surface area contributed by atoms with Crippen molar-refractivity contribution in [3.05, 3.63) is 56.9 Å². The summed E-state index contributed by atoms with van der Waals surface area (Å²) in [6.45, 7) is 0. The van der Waals surface area contributed by atoms with Crippen LogP contribution in [0.3, 0.4) is 0 Å². The SMILES string of the molecule is O=C(CCCCCCCCCCCCCCc1cccs1)Cc1ccc(-c2cccs2)s1. The zero-order valence-corrected chi connectivity index (χ0v) is 21.8. The minimum absolute atomic E-state index is 0.403. The molecule has 0 aliphatic carbocycles. The zero-order chi connectivity index (χ0) is 22.3. The van der Waals surface area contributed by atoms with E-state index in [1.165, 1.54) is 91.7 Å². The van der Waals surface area contributed by atoms with E-state index in [1.54, 1.807) is 27.6 Å². The van der Waals surface area contributed by atoms with Crippen molar-refractivity contribution in [1.29, 1.82) is 0 Å². The highest BCUT2D eigenvalue weighted by Gasteiger charge is 2.08. The Balaban J connectivity index is 1.08. The van der Waals surface area contributed by atoms with Crippen LogP contribution in [0.5, 0.6) is 0 Å². The molecule has 0 bridgehead atoms. The van der Waals surface area contributed by atoms with Crippen LogP contribution in [0.4, 0.5) is 0 Å². The summed E-state index contributed by atoms with van der Waals surface area (Å²) in [5.74, 6) is 0.403. The van der Waals surface area contributed by atoms with E-state index in [0.717, 1.165) is 12.8 Å². The molecule has 0 unspecified atom stereocenters. The lowest BCUT2D eigenvalue weighted by Gasteiger charge is -2.03. The van der Waals surface area contributed by atoms with Crippen molar-refractivity contribution < 1.29 is 4.79 Å². The minimum atomic E-state index is 0.403. The molecule has 0 spiro atoms. The second-order valence-corrected chi connectivity index (χ2v) is 11.9. The summed E-state index contributed by atoms with van der Waals surface area (Å²) in [7, 11) is 0. The molecule has 32 heavy (non-hydrogen) atoms. The van der Waals surface area contributed by atoms with Gasteiger partial charge in [-0.15, -0.1) is 34.0 Å². The minimum Gasteiger partial charge on any atom is -0.299 e. The Kier molecular flexibility index (Phi) is 12.4. The van der Waals surface area contributed by atoms with Gasteiger partial charge in [0.25, 0.3) is 0 Å². The Morgan fingerprint density at radius 3 is 1.84 bits per heavy atom. The first-order chi connectivity index (χ1) is 15.8. The van der Waals surface area contributed by atoms with E-state index < -0.39 is 0 Å². The number of unbranched alkanes of at least 4 members (excludes halogenated alkanes) is 11. The molecule has 3 aromatic rings. The molecule has 4 heteroatoms. The summed E-state index contributed by atoms with van der Waals surface area (Å²) < 4.78 is 0. The van der Waals surface area contributed by atoms with Crippen LogP contribution in [0.25, 0.3) is 9.75 Å². The highest BCUT2D eigenvalue weighted by atomic mass is 32.1. The number of aryl methyl sites for hydroxylation is 1. The Morgan fingerprint density at radius 2 is 1.22 bits per heavy atom. The van der Waals surface area contributed by atoms with Crippen molar-refractivity contribution in [2.24, 2.45) is 0 Å². The number of hydrogen-bond acceptors (Lipinski definition) is 4. The predicted molar refractivity (Wildman–Crippen MR) is 144 cm³/mol. The molecule has 0 saturated carbocycles. The van der Waals surface area contributed by atoms with E-state index in [4.69, 9.17) is 0 Å². The molecule has 0 saturated heterocycles. The molecule has 0 amide bonds. The molecular formula is C28H38OS3. The van der Waals surface area contributed by atoms with Gasteiger partial charge in [-0.1, -0.05) is 76.3 Å². The Labute approximate surface area is 206 Å². The molecule has 0 N–H and O–H groups in total. The quantitative estimate of drug-likeness (QED) is 0.163. The van der Waals surface area contributed by atoms with Gasteiger partial charge in [0.1, 0.15) is 5.78 Å². The fourth-order valence-electron chi connectivity index (χ4n) is 4.15. The molecule has 174 valence electrons. The number of thiophene rings is 3. The Hall–Kier alpha value is -1.23. The summed E-state index contributed by atoms with van der Waals surface area (Å²) in [6.07, 6.45) is 18.7. The van der Waals surface area contributed by atoms with Gasteiger partial charge in [0.15, 0.2) is 0 Å². The van der Waals surface area contributed by atoms with Crippen molar-refractivity contribution in [3.8, 4) is 9.75 Å². The summed E-state index contributed by atoms with van der Waals surface area (Å²) in [5, 5.41) is 4.29. The van der Waals surface area contributed by atoms with Crippen molar-refractivity contribution in [2.75, 3.05) is 0 Å². The van der Waals surface area contributed by atoms with Gasteiger partial charge < -0.3 is 0 Å². The van der Waals surface area contributed by atoms with E-state index in [1.807, 2.05) is 11.3 Å². The van der Waals surface area contributed by atoms with Crippen molar-refractivity contribution in [3.63, 3.8) is 0 Å². The smallest absolute Gasteiger partial charge is 0.138 e. The Bertz CT molecular complexity index is 845. The first-order valence-corrected chi connectivity index (χ1v) is 15.1. The largest absolute Gasteiger partial charge is 0.299 e. The van der Waals surface area contributed by atoms with E-state index in [-0.39, 0.29) is 0 Å². The zero-order valence-electron chi connectivity index (χ0n) is 19.4. The summed E-state index contributed by atoms with van der Waals surface area (Å²) in [4.78, 5) is 17.6. The van der Waals surface area contributed by atoms with E-state index in [9.17, 15) is 4.79 Å². The van der Waals surface area contributed by atoms with Gasteiger partial charge in [-0.25, -0.2) is 0 Å². The first kappa shape index (κ1) is 25.4. The van der Waals surface area contributed by atoms with Crippen LogP contribution in [0, 0.1) is 0 Å². The van der Waals surface area contributed by atoms with E-state index in [2.05, 4.69) is 47.2 Å². The standard InChI is InChI=1S/C28H38OS3/c29-24(23-26-19-20-28(32-26)27-18-14-22-31-27)15-11-9-7-5-3-1-2-4-6-8-10-12-16-25-17-13-21-30-25/h13-14,17-22H,1-12,15-16,23H2. The monoisotopic (exact) mass is 486 g/mol. The van der Waals surface area contributed by atoms with Crippen molar-refractivity contribution >= 4 is 39.8 Å². The van der Waals surface area contributed by atoms with E-state index >= 15 is 0 Å². The van der Waals surface area contributed by atoms with Gasteiger partial charge in [-0.3, -0.25) is 4.79 Å². The number of Topliss-reactive ketones (excluding diaryl/α,β-unsaturated/α-hetero) is 1. The average molecular weight is 487 g/mol. The summed E-state index contributed by atoms with van der Waals surface area (Å²) in [6, 6.07) is 12.9. The lowest BCUT2D eigenvalue weighted by Crippen LogP contribution is -2.00. The van der Waals surface area contributed by atoms with Crippen LogP contribution in [-0.2, 0) is 17.6 Å². The number of carbonyl (C=O) groups excluding carboxylic acids is 1. The van der Waals surface area contributed by atoms with Gasteiger partial charge >= 0.3 is 0 Å². The normalized spacial score (nSPS) is 11.2. The first-order valence-electron chi connectivity index (χ1n) is 12.5. The van der Waals surface area contributed by atoms with Crippen LogP contribution in [0.1, 0.15) is 93.2 Å². The predicted octanol–water partition coefficient (Wildman–Crippen LogP) is 9.96. The summed E-state index contributed by atoms with van der Waals surface area (Å²) >= 11 is 5.43. The van der Waals surface area contributed by atoms with Crippen molar-refractivity contribution in [1.82, 2.24) is 0 Å². The van der Waals surface area contributed by atoms with Crippen LogP contribution in [0.2, 0.25) is 0 Å². The molecule has 0 aliphatic heterocycles. The molecule has 0 radical (unpaired) electrons. The highest BCUT2D eigenvalue weighted by molar-refractivity contribution is 7.21. The maximum atomic E-state index is 12.3. The van der Waals surface area contributed by atoms with Crippen LogP contribution in [-0.4, -0.2) is 5.78 Å². The Morgan fingerprint density at radius 1 is 0.594 bits per heavy atom. The topological polar surface area (TPSA) is 17.1 Å². The second kappa shape index (κ2) is 15.6. The third-order valence-electron chi connectivity index (χ3n) is 6.01. The lowest BCUT2D eigenvalue weighted by atomic mass is 10.0. The van der Waals surface area contributed by atoms with Gasteiger partial charge in [0, 0.05) is 32.4 Å². The summed E-state index contributed by atoms with van der Waals surface area (Å²) in [5.41, 5.74) is 0. The molecule has 1 nitrogen and oxygen atoms in total. The van der Waals surface area contributed by atoms with Gasteiger partial charge in [-0.05, 0) is 54.3 Å². The van der Waals surface area contributed by atoms with E-state index in [0.29, 0.717) is 12.2 Å². The average Bonchev–Trinajstić information content (AvgIpc) is 3.56. The molecule has 3 rings (SSSR count). The fourth-order valence-corrected chi connectivity index (χ4v) is 6.77. The highest BCUT2D eigenvalue weighted by Crippen LogP contribution is 2.31. The second-order valence-electron chi connectivity index (χ2n) is 8.78. The van der Waals surface area contributed by atoms with Crippen LogP contribution in [0.15, 0.2) is 47.2 Å². The van der Waals surface area contributed by atoms with Crippen molar-refractivity contribution in [2.45, 2.75) is 96.3 Å². The molecular weight excluding hydrogens is 449 g/mol. The number of hydrogen-bond donors (Lipinski definition) is 0. The maximum absolute atomic E-state index is 12.3. The molecule has 0 aliphatic rings. The molecule has 0 aromatic carbocycles. The van der Waals surface area contributed by atoms with Gasteiger partial charge in [0.05, 0.1) is 0 Å². The molecule has 3 heterocycles. The third kappa shape index (κ3) is 10.1. The number of carbonyl (C=O) groups is 1. The number of rotatable bonds is 18. The van der Waals surface area contributed by atoms with Gasteiger partial charge in [-0.2, -0.15) is 0 Å². The van der Waals surface area contributed by atoms with Crippen LogP contribution >= 0.6 is 34.0 Å². The number of ketones is 1. The maximum Gasteiger partial charge on any atom is 0.138 e. The van der Waals surface area contributed by atoms with Crippen LogP contribution < -0.4 is 0 Å². The third-order valence-corrected chi connectivity index (χ3v) is 9.09.